The lowest BCUT2D eigenvalue weighted by molar-refractivity contribution is -0.156. The second kappa shape index (κ2) is 5.34. The number of terminal acetylenes is 1. The third-order valence-electron chi connectivity index (χ3n) is 8.98. The molecule has 0 bridgehead atoms. The van der Waals surface area contributed by atoms with Gasteiger partial charge in [-0.15, -0.1) is 12.3 Å². The quantitative estimate of drug-likeness (QED) is 0.681. The third kappa shape index (κ3) is 2.03. The number of hydrogen-bond donors (Lipinski definition) is 1. The van der Waals surface area contributed by atoms with E-state index in [1.165, 1.54) is 6.42 Å². The topological polar surface area (TPSA) is 37.3 Å². The van der Waals surface area contributed by atoms with E-state index < -0.39 is 0 Å². The predicted octanol–water partition coefficient (Wildman–Crippen LogP) is 4.06. The van der Waals surface area contributed by atoms with Crippen molar-refractivity contribution in [3.63, 3.8) is 0 Å². The first kappa shape index (κ1) is 16.6. The average molecular weight is 328 g/mol. The van der Waals surface area contributed by atoms with Crippen LogP contribution in [0.15, 0.2) is 0 Å². The van der Waals surface area contributed by atoms with Crippen LogP contribution in [-0.4, -0.2) is 17.0 Å². The molecule has 0 spiro atoms. The van der Waals surface area contributed by atoms with Crippen LogP contribution in [0.4, 0.5) is 0 Å². The zero-order valence-corrected chi connectivity index (χ0v) is 15.4. The van der Waals surface area contributed by atoms with Crippen LogP contribution < -0.4 is 0 Å². The van der Waals surface area contributed by atoms with Crippen molar-refractivity contribution in [1.82, 2.24) is 0 Å². The fourth-order valence-electron chi connectivity index (χ4n) is 7.64. The van der Waals surface area contributed by atoms with Crippen LogP contribution in [0.1, 0.15) is 65.7 Å². The van der Waals surface area contributed by atoms with E-state index in [0.717, 1.165) is 38.5 Å². The Morgan fingerprint density at radius 2 is 1.92 bits per heavy atom. The first-order chi connectivity index (χ1) is 11.3. The molecule has 4 aliphatic rings. The fraction of sp³-hybridized carbons (Fsp3) is 0.864. The smallest absolute Gasteiger partial charge is 0.139 e. The fourth-order valence-corrected chi connectivity index (χ4v) is 7.64. The largest absolute Gasteiger partial charge is 0.393 e. The molecule has 4 fully saturated rings. The molecular formula is C22H32O2. The Morgan fingerprint density at radius 3 is 2.62 bits per heavy atom. The van der Waals surface area contributed by atoms with Crippen LogP contribution >= 0.6 is 0 Å². The summed E-state index contributed by atoms with van der Waals surface area (Å²) in [7, 11) is 0. The Balaban J connectivity index is 1.72. The SMILES string of the molecule is C#CC1C[C@@H]2[C@@H](CC[C@]3(C)C(=O)CC[C@@H]23)[C@@]2(C)CC(C)C(O)CC12. The molecule has 0 amide bonds. The zero-order valence-electron chi connectivity index (χ0n) is 15.4. The molecule has 1 N–H and O–H groups in total. The predicted molar refractivity (Wildman–Crippen MR) is 95.0 cm³/mol. The molecule has 2 heteroatoms. The zero-order chi connectivity index (χ0) is 17.3. The molecule has 0 heterocycles. The van der Waals surface area contributed by atoms with Gasteiger partial charge in [-0.2, -0.15) is 0 Å². The number of hydrogen-bond acceptors (Lipinski definition) is 2. The highest BCUT2D eigenvalue weighted by atomic mass is 16.3. The molecule has 0 aliphatic heterocycles. The van der Waals surface area contributed by atoms with E-state index in [-0.39, 0.29) is 22.9 Å². The van der Waals surface area contributed by atoms with Gasteiger partial charge in [0.2, 0.25) is 0 Å². The number of ketones is 1. The molecule has 4 rings (SSSR count). The number of rotatable bonds is 0. The Kier molecular flexibility index (Phi) is 3.70. The molecule has 9 atom stereocenters. The maximum Gasteiger partial charge on any atom is 0.139 e. The second-order valence-corrected chi connectivity index (χ2v) is 9.90. The summed E-state index contributed by atoms with van der Waals surface area (Å²) in [5.74, 6) is 6.54. The second-order valence-electron chi connectivity index (χ2n) is 9.90. The molecule has 4 unspecified atom stereocenters. The van der Waals surface area contributed by atoms with Crippen LogP contribution in [0.25, 0.3) is 0 Å². The molecule has 0 radical (unpaired) electrons. The van der Waals surface area contributed by atoms with Crippen LogP contribution in [0.2, 0.25) is 0 Å². The molecule has 0 aromatic rings. The summed E-state index contributed by atoms with van der Waals surface area (Å²) < 4.78 is 0. The van der Waals surface area contributed by atoms with Gasteiger partial charge in [0.25, 0.3) is 0 Å². The van der Waals surface area contributed by atoms with E-state index in [4.69, 9.17) is 6.42 Å². The normalized spacial score (nSPS) is 56.8. The molecule has 0 saturated heterocycles. The molecule has 4 saturated carbocycles. The van der Waals surface area contributed by atoms with E-state index >= 15 is 0 Å². The minimum Gasteiger partial charge on any atom is -0.393 e. The van der Waals surface area contributed by atoms with Crippen molar-refractivity contribution in [2.75, 3.05) is 0 Å². The third-order valence-corrected chi connectivity index (χ3v) is 8.98. The van der Waals surface area contributed by atoms with Crippen molar-refractivity contribution in [2.24, 2.45) is 46.3 Å². The Hall–Kier alpha value is -0.810. The lowest BCUT2D eigenvalue weighted by atomic mass is 9.42. The van der Waals surface area contributed by atoms with Crippen LogP contribution in [0.5, 0.6) is 0 Å². The van der Waals surface area contributed by atoms with Gasteiger partial charge in [-0.1, -0.05) is 20.8 Å². The summed E-state index contributed by atoms with van der Waals surface area (Å²) in [5, 5.41) is 10.5. The van der Waals surface area contributed by atoms with Crippen LogP contribution in [0, 0.1) is 58.7 Å². The van der Waals surface area contributed by atoms with E-state index in [1.54, 1.807) is 0 Å². The molecule has 2 nitrogen and oxygen atoms in total. The van der Waals surface area contributed by atoms with E-state index in [9.17, 15) is 9.90 Å². The van der Waals surface area contributed by atoms with Gasteiger partial charge in [0.15, 0.2) is 0 Å². The minimum atomic E-state index is -0.197. The summed E-state index contributed by atoms with van der Waals surface area (Å²) in [6.45, 7) is 6.89. The monoisotopic (exact) mass is 328 g/mol. The molecular weight excluding hydrogens is 296 g/mol. The number of Topliss-reactive ketones (excluding diaryl/α,β-unsaturated/α-hetero) is 1. The average Bonchev–Trinajstić information content (AvgIpc) is 2.84. The number of aliphatic hydroxyl groups is 1. The van der Waals surface area contributed by atoms with Crippen LogP contribution in [0.3, 0.4) is 0 Å². The highest BCUT2D eigenvalue weighted by molar-refractivity contribution is 5.87. The number of fused-ring (bicyclic) bond motifs is 5. The lowest BCUT2D eigenvalue weighted by Crippen LogP contribution is -2.57. The van der Waals surface area contributed by atoms with Gasteiger partial charge in [0.05, 0.1) is 6.10 Å². The number of carbonyl (C=O) groups excluding carboxylic acids is 1. The number of carbonyl (C=O) groups is 1. The van der Waals surface area contributed by atoms with Crippen LogP contribution in [-0.2, 0) is 4.79 Å². The first-order valence-corrected chi connectivity index (χ1v) is 9.98. The van der Waals surface area contributed by atoms with Gasteiger partial charge in [-0.05, 0) is 73.5 Å². The standard InChI is InChI=1S/C22H32O2/c1-5-14-10-15-16-6-7-20(24)21(16,3)9-8-17(15)22(4)12-13(2)19(23)11-18(14)22/h1,13-19,23H,6-12H2,2-4H3/t13?,14?,15-,16-,17+,18?,19?,21-,22+/m0/s1. The molecule has 0 aromatic heterocycles. The van der Waals surface area contributed by atoms with Crippen molar-refractivity contribution < 1.29 is 9.90 Å². The molecule has 0 aromatic carbocycles. The first-order valence-electron chi connectivity index (χ1n) is 9.98. The van der Waals surface area contributed by atoms with E-state index in [0.29, 0.717) is 35.4 Å². The number of aliphatic hydroxyl groups excluding tert-OH is 1. The Morgan fingerprint density at radius 1 is 1.17 bits per heavy atom. The van der Waals surface area contributed by atoms with Gasteiger partial charge < -0.3 is 5.11 Å². The summed E-state index contributed by atoms with van der Waals surface area (Å²) >= 11 is 0. The minimum absolute atomic E-state index is 0.0801. The van der Waals surface area contributed by atoms with E-state index in [1.807, 2.05) is 0 Å². The van der Waals surface area contributed by atoms with Gasteiger partial charge in [-0.3, -0.25) is 4.79 Å². The maximum absolute atomic E-state index is 12.5. The molecule has 132 valence electrons. The van der Waals surface area contributed by atoms with Gasteiger partial charge in [0.1, 0.15) is 5.78 Å². The maximum atomic E-state index is 12.5. The summed E-state index contributed by atoms with van der Waals surface area (Å²) in [4.78, 5) is 12.5. The van der Waals surface area contributed by atoms with Crippen molar-refractivity contribution in [1.29, 1.82) is 0 Å². The highest BCUT2D eigenvalue weighted by Gasteiger charge is 2.62. The summed E-state index contributed by atoms with van der Waals surface area (Å²) in [5.41, 5.74) is 0.162. The summed E-state index contributed by atoms with van der Waals surface area (Å²) in [6.07, 6.45) is 12.9. The lowest BCUT2D eigenvalue weighted by Gasteiger charge is -2.62. The van der Waals surface area contributed by atoms with Gasteiger partial charge >= 0.3 is 0 Å². The molecule has 4 aliphatic carbocycles. The highest BCUT2D eigenvalue weighted by Crippen LogP contribution is 2.67. The van der Waals surface area contributed by atoms with Crippen molar-refractivity contribution in [3.05, 3.63) is 0 Å². The Labute approximate surface area is 146 Å². The van der Waals surface area contributed by atoms with Gasteiger partial charge in [0, 0.05) is 17.8 Å². The Bertz CT molecular complexity index is 589. The van der Waals surface area contributed by atoms with Gasteiger partial charge in [-0.25, -0.2) is 0 Å². The van der Waals surface area contributed by atoms with Crippen molar-refractivity contribution in [3.8, 4) is 12.3 Å². The van der Waals surface area contributed by atoms with E-state index in [2.05, 4.69) is 26.7 Å². The van der Waals surface area contributed by atoms with Crippen molar-refractivity contribution in [2.45, 2.75) is 71.8 Å². The molecule has 24 heavy (non-hydrogen) atoms. The summed E-state index contributed by atoms with van der Waals surface area (Å²) in [6, 6.07) is 0. The van der Waals surface area contributed by atoms with Crippen molar-refractivity contribution >= 4 is 5.78 Å².